The molecule has 0 fully saturated rings. The van der Waals surface area contributed by atoms with Gasteiger partial charge in [-0.05, 0) is 40.2 Å². The Bertz CT molecular complexity index is 743. The van der Waals surface area contributed by atoms with Gasteiger partial charge in [-0.2, -0.15) is 0 Å². The largest absolute Gasteiger partial charge is 0.465 e. The number of hydrogen-bond donors (Lipinski definition) is 1. The van der Waals surface area contributed by atoms with E-state index in [1.165, 1.54) is 0 Å². The molecule has 0 unspecified atom stereocenters. The Morgan fingerprint density at radius 2 is 1.71 bits per heavy atom. The number of hydrogen-bond acceptors (Lipinski definition) is 4. The molecule has 0 bridgehead atoms. The highest BCUT2D eigenvalue weighted by molar-refractivity contribution is 5.94. The monoisotopic (exact) mass is 329 g/mol. The highest BCUT2D eigenvalue weighted by atomic mass is 16.5. The van der Waals surface area contributed by atoms with Crippen LogP contribution in [0.3, 0.4) is 0 Å². The lowest BCUT2D eigenvalue weighted by atomic mass is 10.1. The molecule has 0 aliphatic rings. The van der Waals surface area contributed by atoms with E-state index in [0.717, 1.165) is 16.7 Å². The Morgan fingerprint density at radius 1 is 1.08 bits per heavy atom. The van der Waals surface area contributed by atoms with Crippen molar-refractivity contribution in [3.63, 3.8) is 0 Å². The number of carbonyl (C=O) groups excluding carboxylic acids is 2. The lowest BCUT2D eigenvalue weighted by molar-refractivity contribution is -0.129. The van der Waals surface area contributed by atoms with Crippen molar-refractivity contribution in [2.75, 3.05) is 0 Å². The molecule has 0 saturated heterocycles. The number of ether oxygens (including phenoxy) is 1. The first-order valence-electron chi connectivity index (χ1n) is 7.90. The molecule has 1 aromatic heterocycles. The topological polar surface area (TPSA) is 68.5 Å². The first kappa shape index (κ1) is 17.8. The molecule has 2 aromatic rings. The van der Waals surface area contributed by atoms with Crippen LogP contribution < -0.4 is 5.32 Å². The smallest absolute Gasteiger partial charge is 0.342 e. The Hall–Kier alpha value is -2.56. The maximum atomic E-state index is 12.3. The second-order valence-corrected chi connectivity index (χ2v) is 5.97. The number of carbonyl (C=O) groups is 2. The van der Waals surface area contributed by atoms with Gasteiger partial charge < -0.3 is 14.5 Å². The van der Waals surface area contributed by atoms with Gasteiger partial charge in [0.1, 0.15) is 17.1 Å². The molecule has 1 heterocycles. The van der Waals surface area contributed by atoms with Gasteiger partial charge in [0, 0.05) is 12.1 Å². The van der Waals surface area contributed by atoms with Crippen LogP contribution in [-0.4, -0.2) is 18.0 Å². The summed E-state index contributed by atoms with van der Waals surface area (Å²) in [6.45, 7) is 9.25. The van der Waals surface area contributed by atoms with Crippen molar-refractivity contribution in [1.82, 2.24) is 5.32 Å². The van der Waals surface area contributed by atoms with Crippen LogP contribution >= 0.6 is 0 Å². The van der Waals surface area contributed by atoms with E-state index in [1.54, 1.807) is 27.7 Å². The fourth-order valence-electron chi connectivity index (χ4n) is 2.41. The Morgan fingerprint density at radius 3 is 2.25 bits per heavy atom. The molecule has 128 valence electrons. The van der Waals surface area contributed by atoms with Crippen LogP contribution in [0.25, 0.3) is 0 Å². The molecule has 1 amide bonds. The van der Waals surface area contributed by atoms with Gasteiger partial charge in [0.15, 0.2) is 6.10 Å². The van der Waals surface area contributed by atoms with Gasteiger partial charge >= 0.3 is 5.97 Å². The predicted octanol–water partition coefficient (Wildman–Crippen LogP) is 3.37. The second kappa shape index (κ2) is 7.34. The van der Waals surface area contributed by atoms with Gasteiger partial charge in [-0.1, -0.05) is 29.8 Å². The van der Waals surface area contributed by atoms with Crippen LogP contribution in [0.1, 0.15) is 45.5 Å². The van der Waals surface area contributed by atoms with Gasteiger partial charge in [0.2, 0.25) is 0 Å². The van der Waals surface area contributed by atoms with Crippen molar-refractivity contribution < 1.29 is 18.7 Å². The summed E-state index contributed by atoms with van der Waals surface area (Å²) in [5, 5.41) is 2.77. The summed E-state index contributed by atoms with van der Waals surface area (Å²) in [6.07, 6.45) is -0.878. The van der Waals surface area contributed by atoms with E-state index in [2.05, 4.69) is 5.32 Å². The third-order valence-electron chi connectivity index (χ3n) is 4.01. The summed E-state index contributed by atoms with van der Waals surface area (Å²) < 4.78 is 10.7. The molecular weight excluding hydrogens is 306 g/mol. The Kier molecular flexibility index (Phi) is 5.44. The van der Waals surface area contributed by atoms with Crippen molar-refractivity contribution in [2.45, 2.75) is 47.3 Å². The number of benzene rings is 1. The van der Waals surface area contributed by atoms with Crippen LogP contribution in [0.5, 0.6) is 0 Å². The van der Waals surface area contributed by atoms with Crippen LogP contribution in [0.4, 0.5) is 0 Å². The lowest BCUT2D eigenvalue weighted by Gasteiger charge is -2.13. The van der Waals surface area contributed by atoms with E-state index < -0.39 is 12.1 Å². The summed E-state index contributed by atoms with van der Waals surface area (Å²) >= 11 is 0. The minimum Gasteiger partial charge on any atom is -0.465 e. The second-order valence-electron chi connectivity index (χ2n) is 5.97. The van der Waals surface area contributed by atoms with E-state index in [-0.39, 0.29) is 5.91 Å². The summed E-state index contributed by atoms with van der Waals surface area (Å²) in [5.74, 6) is 0.303. The third kappa shape index (κ3) is 4.04. The van der Waals surface area contributed by atoms with Crippen LogP contribution in [-0.2, 0) is 16.1 Å². The molecule has 1 aromatic carbocycles. The fraction of sp³-hybridized carbons (Fsp3) is 0.368. The number of aryl methyl sites for hydroxylation is 3. The summed E-state index contributed by atoms with van der Waals surface area (Å²) in [4.78, 5) is 24.4. The molecule has 0 saturated carbocycles. The quantitative estimate of drug-likeness (QED) is 0.854. The summed E-state index contributed by atoms with van der Waals surface area (Å²) in [7, 11) is 0. The zero-order chi connectivity index (χ0) is 17.9. The van der Waals surface area contributed by atoms with Gasteiger partial charge in [-0.25, -0.2) is 4.79 Å². The van der Waals surface area contributed by atoms with E-state index in [4.69, 9.17) is 9.15 Å². The first-order chi connectivity index (χ1) is 11.3. The van der Waals surface area contributed by atoms with Gasteiger partial charge in [-0.3, -0.25) is 4.79 Å². The van der Waals surface area contributed by atoms with Crippen molar-refractivity contribution in [2.24, 2.45) is 0 Å². The van der Waals surface area contributed by atoms with Crippen molar-refractivity contribution in [3.8, 4) is 0 Å². The van der Waals surface area contributed by atoms with Crippen molar-refractivity contribution in [3.05, 3.63) is 58.0 Å². The SMILES string of the molecule is Cc1ccc(CNC(=O)[C@@H](C)OC(=O)c2c(C)oc(C)c2C)cc1. The lowest BCUT2D eigenvalue weighted by Crippen LogP contribution is -2.35. The number of furan rings is 1. The highest BCUT2D eigenvalue weighted by Crippen LogP contribution is 2.22. The van der Waals surface area contributed by atoms with Gasteiger partial charge in [0.05, 0.1) is 0 Å². The molecule has 0 spiro atoms. The van der Waals surface area contributed by atoms with Crippen molar-refractivity contribution in [1.29, 1.82) is 0 Å². The Balaban J connectivity index is 1.93. The van der Waals surface area contributed by atoms with Crippen LogP contribution in [0, 0.1) is 27.7 Å². The van der Waals surface area contributed by atoms with Gasteiger partial charge in [0.25, 0.3) is 5.91 Å². The number of amides is 1. The number of nitrogens with one attached hydrogen (secondary N) is 1. The summed E-state index contributed by atoms with van der Waals surface area (Å²) in [6, 6.07) is 7.87. The van der Waals surface area contributed by atoms with E-state index in [1.807, 2.05) is 31.2 Å². The van der Waals surface area contributed by atoms with E-state index >= 15 is 0 Å². The van der Waals surface area contributed by atoms with Gasteiger partial charge in [-0.15, -0.1) is 0 Å². The van der Waals surface area contributed by atoms with Crippen LogP contribution in [0.15, 0.2) is 28.7 Å². The minimum absolute atomic E-state index is 0.334. The molecule has 1 atom stereocenters. The zero-order valence-corrected chi connectivity index (χ0v) is 14.7. The minimum atomic E-state index is -0.878. The van der Waals surface area contributed by atoms with Crippen molar-refractivity contribution >= 4 is 11.9 Å². The molecule has 0 aliphatic heterocycles. The molecular formula is C19H23NO4. The maximum Gasteiger partial charge on any atom is 0.342 e. The molecule has 5 nitrogen and oxygen atoms in total. The zero-order valence-electron chi connectivity index (χ0n) is 14.7. The molecule has 0 radical (unpaired) electrons. The number of rotatable bonds is 5. The fourth-order valence-corrected chi connectivity index (χ4v) is 2.41. The average molecular weight is 329 g/mol. The normalized spacial score (nSPS) is 11.9. The highest BCUT2D eigenvalue weighted by Gasteiger charge is 2.24. The number of esters is 1. The Labute approximate surface area is 142 Å². The standard InChI is InChI=1S/C19H23NO4/c1-11-6-8-16(9-7-11)10-20-18(21)15(5)24-19(22)17-12(2)13(3)23-14(17)4/h6-9,15H,10H2,1-5H3,(H,20,21)/t15-/m1/s1. The molecule has 2 rings (SSSR count). The van der Waals surface area contributed by atoms with E-state index in [9.17, 15) is 9.59 Å². The third-order valence-corrected chi connectivity index (χ3v) is 4.01. The van der Waals surface area contributed by atoms with E-state index in [0.29, 0.717) is 23.6 Å². The summed E-state index contributed by atoms with van der Waals surface area (Å²) in [5.41, 5.74) is 3.29. The molecule has 1 N–H and O–H groups in total. The van der Waals surface area contributed by atoms with Crippen LogP contribution in [0.2, 0.25) is 0 Å². The molecule has 5 heteroatoms. The first-order valence-corrected chi connectivity index (χ1v) is 7.90. The predicted molar refractivity (Wildman–Crippen MR) is 90.8 cm³/mol. The molecule has 24 heavy (non-hydrogen) atoms. The average Bonchev–Trinajstić information content (AvgIpc) is 2.79. The maximum absolute atomic E-state index is 12.3. The molecule has 0 aliphatic carbocycles.